The minimum absolute atomic E-state index is 0.181. The molecular weight excluding hydrogens is 190 g/mol. The Morgan fingerprint density at radius 2 is 2.00 bits per heavy atom. The van der Waals surface area contributed by atoms with Crippen molar-refractivity contribution in [3.63, 3.8) is 0 Å². The van der Waals surface area contributed by atoms with Crippen LogP contribution in [0.15, 0.2) is 40.5 Å². The Morgan fingerprint density at radius 3 is 2.54 bits per heavy atom. The third-order valence-corrected chi connectivity index (χ3v) is 1.86. The molecule has 1 aliphatic carbocycles. The second-order valence-corrected chi connectivity index (χ2v) is 4.15. The van der Waals surface area contributed by atoms with Gasteiger partial charge in [-0.15, -0.1) is 6.26 Å². The van der Waals surface area contributed by atoms with Crippen LogP contribution in [0.5, 0.6) is 0 Å². The van der Waals surface area contributed by atoms with Crippen LogP contribution < -0.4 is 5.11 Å². The van der Waals surface area contributed by atoms with E-state index in [-0.39, 0.29) is 11.3 Å². The van der Waals surface area contributed by atoms with E-state index in [9.17, 15) is 13.5 Å². The van der Waals surface area contributed by atoms with Crippen LogP contribution in [-0.4, -0.2) is 20.4 Å². The van der Waals surface area contributed by atoms with Gasteiger partial charge < -0.3 is 5.11 Å². The Labute approximate surface area is 76.7 Å². The first-order chi connectivity index (χ1) is 6.03. The zero-order valence-electron chi connectivity index (χ0n) is 6.97. The monoisotopic (exact) mass is 198 g/mol. The number of rotatable bonds is 1. The summed E-state index contributed by atoms with van der Waals surface area (Å²) in [5, 5.41) is 10.5. The minimum atomic E-state index is -3.44. The van der Waals surface area contributed by atoms with Crippen LogP contribution in [0.2, 0.25) is 0 Å². The summed E-state index contributed by atoms with van der Waals surface area (Å²) in [6.45, 7) is 0. The molecule has 0 heterocycles. The van der Waals surface area contributed by atoms with Crippen LogP contribution in [0.4, 0.5) is 0 Å². The van der Waals surface area contributed by atoms with Gasteiger partial charge >= 0.3 is 0 Å². The van der Waals surface area contributed by atoms with Gasteiger partial charge in [-0.25, -0.2) is 8.42 Å². The highest BCUT2D eigenvalue weighted by molar-refractivity contribution is 7.89. The maximum absolute atomic E-state index is 10.8. The standard InChI is InChI=1S/C8H9NO3S/c1-13(11,12)9-8-5-3-2-4-7(8)6-10/h2-6,10H,1H3/p-1. The van der Waals surface area contributed by atoms with Crippen LogP contribution >= 0.6 is 0 Å². The smallest absolute Gasteiger partial charge is 0.250 e. The summed E-state index contributed by atoms with van der Waals surface area (Å²) < 4.78 is 25.0. The molecule has 0 fully saturated rings. The van der Waals surface area contributed by atoms with Gasteiger partial charge in [-0.2, -0.15) is 4.40 Å². The molecule has 0 aliphatic heterocycles. The Bertz CT molecular complexity index is 413. The lowest BCUT2D eigenvalue weighted by Gasteiger charge is -2.07. The van der Waals surface area contributed by atoms with Crippen LogP contribution in [0.25, 0.3) is 0 Å². The molecular formula is C8H8NO3S-. The van der Waals surface area contributed by atoms with E-state index < -0.39 is 10.0 Å². The highest BCUT2D eigenvalue weighted by atomic mass is 32.2. The first-order valence-electron chi connectivity index (χ1n) is 3.50. The fourth-order valence-corrected chi connectivity index (χ4v) is 1.37. The first kappa shape index (κ1) is 9.73. The Balaban J connectivity index is 3.13. The average molecular weight is 198 g/mol. The molecule has 13 heavy (non-hydrogen) atoms. The predicted molar refractivity (Wildman–Crippen MR) is 48.6 cm³/mol. The fraction of sp³-hybridized carbons (Fsp3) is 0.125. The van der Waals surface area contributed by atoms with Crippen molar-refractivity contribution in [2.24, 2.45) is 4.40 Å². The average Bonchev–Trinajstić information content (AvgIpc) is 2.02. The molecule has 0 amide bonds. The van der Waals surface area contributed by atoms with Crippen molar-refractivity contribution >= 4 is 15.7 Å². The second kappa shape index (κ2) is 3.57. The number of hydrogen-bond donors (Lipinski definition) is 0. The lowest BCUT2D eigenvalue weighted by molar-refractivity contribution is -0.275. The lowest BCUT2D eigenvalue weighted by atomic mass is 10.1. The van der Waals surface area contributed by atoms with E-state index in [1.54, 1.807) is 12.2 Å². The van der Waals surface area contributed by atoms with E-state index in [0.29, 0.717) is 6.26 Å². The molecule has 0 atom stereocenters. The fourth-order valence-electron chi connectivity index (χ4n) is 0.849. The molecule has 0 spiro atoms. The molecule has 1 aliphatic rings. The van der Waals surface area contributed by atoms with Gasteiger partial charge in [0.2, 0.25) is 0 Å². The normalized spacial score (nSPS) is 22.8. The number of sulfonamides is 1. The molecule has 0 aromatic rings. The van der Waals surface area contributed by atoms with Crippen molar-refractivity contribution in [2.45, 2.75) is 0 Å². The number of nitrogens with zero attached hydrogens (tertiary/aromatic N) is 1. The van der Waals surface area contributed by atoms with Gasteiger partial charge in [0, 0.05) is 0 Å². The molecule has 0 unspecified atom stereocenters. The molecule has 70 valence electrons. The van der Waals surface area contributed by atoms with Crippen LogP contribution in [-0.2, 0) is 10.0 Å². The zero-order valence-corrected chi connectivity index (χ0v) is 7.78. The summed E-state index contributed by atoms with van der Waals surface area (Å²) in [6, 6.07) is 0. The third kappa shape index (κ3) is 2.87. The first-order valence-corrected chi connectivity index (χ1v) is 5.35. The van der Waals surface area contributed by atoms with Crippen LogP contribution in [0.1, 0.15) is 0 Å². The summed E-state index contributed by atoms with van der Waals surface area (Å²) in [6.07, 6.45) is 7.81. The van der Waals surface area contributed by atoms with E-state index in [2.05, 4.69) is 4.40 Å². The number of hydrogen-bond acceptors (Lipinski definition) is 3. The molecule has 5 heteroatoms. The van der Waals surface area contributed by atoms with Gasteiger partial charge in [-0.05, 0) is 11.6 Å². The minimum Gasteiger partial charge on any atom is -0.877 e. The van der Waals surface area contributed by atoms with Crippen LogP contribution in [0, 0.1) is 0 Å². The van der Waals surface area contributed by atoms with E-state index in [1.165, 1.54) is 12.2 Å². The van der Waals surface area contributed by atoms with Crippen molar-refractivity contribution in [1.82, 2.24) is 0 Å². The van der Waals surface area contributed by atoms with Gasteiger partial charge in [-0.1, -0.05) is 18.2 Å². The molecule has 0 saturated heterocycles. The quantitative estimate of drug-likeness (QED) is 0.546. The highest BCUT2D eigenvalue weighted by Crippen LogP contribution is 2.08. The van der Waals surface area contributed by atoms with Gasteiger partial charge in [0.15, 0.2) is 0 Å². The molecule has 0 bridgehead atoms. The van der Waals surface area contributed by atoms with Gasteiger partial charge in [0.05, 0.1) is 12.0 Å². The Morgan fingerprint density at radius 1 is 1.38 bits per heavy atom. The summed E-state index contributed by atoms with van der Waals surface area (Å²) in [5.41, 5.74) is 0.452. The molecule has 0 aromatic carbocycles. The molecule has 0 aromatic heterocycles. The predicted octanol–water partition coefficient (Wildman–Crippen LogP) is -0.243. The molecule has 0 N–H and O–H groups in total. The van der Waals surface area contributed by atoms with E-state index in [4.69, 9.17) is 0 Å². The third-order valence-electron chi connectivity index (χ3n) is 1.33. The van der Waals surface area contributed by atoms with Gasteiger partial charge in [-0.3, -0.25) is 0 Å². The SMILES string of the molecule is CS(=O)(=O)N=C1C=CC=CC1=C[O-]. The van der Waals surface area contributed by atoms with Gasteiger partial charge in [0.25, 0.3) is 10.0 Å². The van der Waals surface area contributed by atoms with Gasteiger partial charge in [0.1, 0.15) is 0 Å². The lowest BCUT2D eigenvalue weighted by Crippen LogP contribution is -2.07. The largest absolute Gasteiger partial charge is 0.877 e. The maximum atomic E-state index is 10.8. The van der Waals surface area contributed by atoms with Crippen LogP contribution in [0.3, 0.4) is 0 Å². The van der Waals surface area contributed by atoms with Crippen molar-refractivity contribution in [3.05, 3.63) is 36.1 Å². The van der Waals surface area contributed by atoms with E-state index >= 15 is 0 Å². The molecule has 4 nitrogen and oxygen atoms in total. The number of allylic oxidation sites excluding steroid dienone is 5. The topological polar surface area (TPSA) is 69.6 Å². The van der Waals surface area contributed by atoms with E-state index in [0.717, 1.165) is 6.26 Å². The molecule has 0 saturated carbocycles. The molecule has 1 rings (SSSR count). The van der Waals surface area contributed by atoms with Crippen molar-refractivity contribution in [1.29, 1.82) is 0 Å². The van der Waals surface area contributed by atoms with E-state index in [1.807, 2.05) is 0 Å². The Hall–Kier alpha value is -1.36. The van der Waals surface area contributed by atoms with Crippen molar-refractivity contribution in [3.8, 4) is 0 Å². The highest BCUT2D eigenvalue weighted by Gasteiger charge is 2.05. The summed E-state index contributed by atoms with van der Waals surface area (Å²) in [5.74, 6) is 0. The zero-order chi connectivity index (χ0) is 9.90. The molecule has 0 radical (unpaired) electrons. The summed E-state index contributed by atoms with van der Waals surface area (Å²) in [4.78, 5) is 0. The Kier molecular flexibility index (Phi) is 2.67. The second-order valence-electron chi connectivity index (χ2n) is 2.50. The van der Waals surface area contributed by atoms with Crippen molar-refractivity contribution in [2.75, 3.05) is 6.26 Å². The van der Waals surface area contributed by atoms with Crippen molar-refractivity contribution < 1.29 is 13.5 Å². The summed E-state index contributed by atoms with van der Waals surface area (Å²) in [7, 11) is -3.44. The summed E-state index contributed by atoms with van der Waals surface area (Å²) >= 11 is 0. The maximum Gasteiger partial charge on any atom is 0.250 e.